The lowest BCUT2D eigenvalue weighted by molar-refractivity contribution is 0.0924. The van der Waals surface area contributed by atoms with Gasteiger partial charge in [0.15, 0.2) is 0 Å². The second-order valence-corrected chi connectivity index (χ2v) is 10.1. The van der Waals surface area contributed by atoms with E-state index in [1.54, 1.807) is 12.5 Å². The number of halogens is 2. The fourth-order valence-electron chi connectivity index (χ4n) is 3.30. The first-order chi connectivity index (χ1) is 15.3. The van der Waals surface area contributed by atoms with Gasteiger partial charge in [0.2, 0.25) is 0 Å². The van der Waals surface area contributed by atoms with Crippen molar-refractivity contribution in [1.29, 1.82) is 0 Å². The summed E-state index contributed by atoms with van der Waals surface area (Å²) in [5.74, 6) is 2.53. The standard InChI is InChI=1S/C25H30ClIN2O3/c1-18(13-26)15-32-24-9-6-20(12-23(24)27)25(2,3)19-4-7-22(8-5-19)31-16-21(30)14-29-11-10-28-17-29/h4-12,17-18,21,30H,13-16H2,1-3H3/t18-,21-/m1/s1/i27-4. The monoisotopic (exact) mass is 564 g/mol. The molecule has 1 aromatic heterocycles. The van der Waals surface area contributed by atoms with Gasteiger partial charge in [-0.1, -0.05) is 39.0 Å². The van der Waals surface area contributed by atoms with Crippen molar-refractivity contribution in [3.05, 3.63) is 75.9 Å². The Morgan fingerprint density at radius 1 is 1.09 bits per heavy atom. The molecule has 0 amide bonds. The zero-order valence-corrected chi connectivity index (χ0v) is 21.6. The summed E-state index contributed by atoms with van der Waals surface area (Å²) in [6, 6.07) is 14.4. The summed E-state index contributed by atoms with van der Waals surface area (Å²) in [5.41, 5.74) is 2.22. The summed E-state index contributed by atoms with van der Waals surface area (Å²) >= 11 is 8.21. The van der Waals surface area contributed by atoms with Gasteiger partial charge in [0, 0.05) is 29.6 Å². The number of nitrogens with zero attached hydrogens (tertiary/aromatic N) is 2. The highest BCUT2D eigenvalue weighted by Gasteiger charge is 2.24. The normalized spacial score (nSPS) is 13.6. The minimum Gasteiger partial charge on any atom is -0.492 e. The van der Waals surface area contributed by atoms with E-state index in [-0.39, 0.29) is 12.0 Å². The molecule has 1 heterocycles. The summed E-state index contributed by atoms with van der Waals surface area (Å²) in [6.07, 6.45) is 4.59. The van der Waals surface area contributed by atoms with Gasteiger partial charge in [-0.25, -0.2) is 4.98 Å². The van der Waals surface area contributed by atoms with Gasteiger partial charge in [0.25, 0.3) is 0 Å². The number of imidazole rings is 1. The summed E-state index contributed by atoms with van der Waals surface area (Å²) < 4.78 is 14.6. The molecule has 0 unspecified atom stereocenters. The van der Waals surface area contributed by atoms with Crippen molar-refractivity contribution < 1.29 is 14.6 Å². The van der Waals surface area contributed by atoms with Crippen molar-refractivity contribution in [3.8, 4) is 11.5 Å². The molecule has 0 radical (unpaired) electrons. The summed E-state index contributed by atoms with van der Waals surface area (Å²) in [5, 5.41) is 10.2. The molecule has 0 saturated heterocycles. The maximum Gasteiger partial charge on any atom is 0.132 e. The lowest BCUT2D eigenvalue weighted by Gasteiger charge is -2.27. The average molecular weight is 565 g/mol. The molecule has 3 rings (SSSR count). The van der Waals surface area contributed by atoms with Gasteiger partial charge in [-0.2, -0.15) is 0 Å². The zero-order chi connectivity index (χ0) is 23.1. The lowest BCUT2D eigenvalue weighted by Crippen LogP contribution is -2.23. The number of alkyl halides is 1. The van der Waals surface area contributed by atoms with Crippen LogP contribution in [0.15, 0.2) is 61.2 Å². The molecule has 1 N–H and O–H groups in total. The smallest absolute Gasteiger partial charge is 0.132 e. The summed E-state index contributed by atoms with van der Waals surface area (Å²) in [4.78, 5) is 3.98. The zero-order valence-electron chi connectivity index (χ0n) is 18.7. The maximum atomic E-state index is 10.2. The number of rotatable bonds is 11. The van der Waals surface area contributed by atoms with Crippen molar-refractivity contribution in [1.82, 2.24) is 9.55 Å². The molecular weight excluding hydrogens is 535 g/mol. The van der Waals surface area contributed by atoms with Crippen molar-refractivity contribution in [2.45, 2.75) is 38.8 Å². The summed E-state index contributed by atoms with van der Waals surface area (Å²) in [6.45, 7) is 7.78. The van der Waals surface area contributed by atoms with Crippen LogP contribution in [0.3, 0.4) is 0 Å². The van der Waals surface area contributed by atoms with E-state index >= 15 is 0 Å². The Kier molecular flexibility index (Phi) is 8.85. The van der Waals surface area contributed by atoms with Gasteiger partial charge in [-0.05, 0) is 58.0 Å². The maximum absolute atomic E-state index is 10.2. The van der Waals surface area contributed by atoms with Crippen molar-refractivity contribution in [2.75, 3.05) is 19.1 Å². The van der Waals surface area contributed by atoms with Crippen LogP contribution in [-0.4, -0.2) is 39.9 Å². The fourth-order valence-corrected chi connectivity index (χ4v) is 4.06. The molecule has 0 bridgehead atoms. The Hall–Kier alpha value is -1.77. The van der Waals surface area contributed by atoms with Gasteiger partial charge in [-0.15, -0.1) is 11.6 Å². The predicted molar refractivity (Wildman–Crippen MR) is 137 cm³/mol. The first-order valence-electron chi connectivity index (χ1n) is 10.7. The van der Waals surface area contributed by atoms with Crippen LogP contribution in [0.2, 0.25) is 0 Å². The highest BCUT2D eigenvalue weighted by atomic mass is 123. The molecule has 172 valence electrons. The molecule has 0 aliphatic carbocycles. The van der Waals surface area contributed by atoms with E-state index in [1.807, 2.05) is 29.0 Å². The van der Waals surface area contributed by atoms with Gasteiger partial charge >= 0.3 is 0 Å². The third kappa shape index (κ3) is 6.62. The quantitative estimate of drug-likeness (QED) is 0.247. The Balaban J connectivity index is 1.62. The molecule has 0 saturated carbocycles. The fraction of sp³-hybridized carbons (Fsp3) is 0.400. The number of aromatic nitrogens is 2. The van der Waals surface area contributed by atoms with Gasteiger partial charge in [0.05, 0.1) is 23.0 Å². The largest absolute Gasteiger partial charge is 0.492 e. The van der Waals surface area contributed by atoms with Gasteiger partial charge < -0.3 is 19.1 Å². The number of aliphatic hydroxyl groups is 1. The van der Waals surface area contributed by atoms with Crippen molar-refractivity contribution in [3.63, 3.8) is 0 Å². The predicted octanol–water partition coefficient (Wildman–Crippen LogP) is 5.51. The molecule has 0 spiro atoms. The third-order valence-corrected chi connectivity index (χ3v) is 6.81. The second kappa shape index (κ2) is 11.4. The molecule has 5 nitrogen and oxygen atoms in total. The van der Waals surface area contributed by atoms with Crippen LogP contribution in [0, 0.1) is 9.49 Å². The molecular formula is C25H30ClIN2O3. The van der Waals surface area contributed by atoms with E-state index in [0.717, 1.165) is 15.1 Å². The van der Waals surface area contributed by atoms with Gasteiger partial charge in [-0.3, -0.25) is 0 Å². The van der Waals surface area contributed by atoms with E-state index < -0.39 is 6.10 Å². The van der Waals surface area contributed by atoms with Gasteiger partial charge in [0.1, 0.15) is 24.2 Å². The van der Waals surface area contributed by atoms with Crippen LogP contribution in [0.1, 0.15) is 31.9 Å². The van der Waals surface area contributed by atoms with Crippen LogP contribution in [0.4, 0.5) is 0 Å². The molecule has 32 heavy (non-hydrogen) atoms. The molecule has 0 aliphatic rings. The average Bonchev–Trinajstić information content (AvgIpc) is 3.29. The van der Waals surface area contributed by atoms with Crippen LogP contribution in [0.25, 0.3) is 0 Å². The number of benzene rings is 2. The Labute approximate surface area is 208 Å². The molecule has 3 aromatic rings. The first-order valence-corrected chi connectivity index (χ1v) is 12.3. The second-order valence-electron chi connectivity index (χ2n) is 8.59. The highest BCUT2D eigenvalue weighted by molar-refractivity contribution is 14.1. The van der Waals surface area contributed by atoms with E-state index in [2.05, 4.69) is 72.6 Å². The number of aliphatic hydroxyl groups excluding tert-OH is 1. The number of hydrogen-bond acceptors (Lipinski definition) is 4. The molecule has 0 fully saturated rings. The molecule has 0 aliphatic heterocycles. The lowest BCUT2D eigenvalue weighted by atomic mass is 9.78. The summed E-state index contributed by atoms with van der Waals surface area (Å²) in [7, 11) is 0. The van der Waals surface area contributed by atoms with Crippen LogP contribution in [0.5, 0.6) is 11.5 Å². The molecule has 2 atom stereocenters. The molecule has 7 heteroatoms. The van der Waals surface area contributed by atoms with E-state index in [9.17, 15) is 5.11 Å². The van der Waals surface area contributed by atoms with Crippen LogP contribution < -0.4 is 9.47 Å². The third-order valence-electron chi connectivity index (χ3n) is 5.44. The van der Waals surface area contributed by atoms with Crippen molar-refractivity contribution in [2.24, 2.45) is 5.92 Å². The minimum atomic E-state index is -0.601. The number of hydrogen-bond donors (Lipinski definition) is 1. The SMILES string of the molecule is C[C@H](CCl)COc1ccc(C(C)(C)c2ccc(OC[C@H](O)Cn3ccnc3)cc2)cc1[123I]. The van der Waals surface area contributed by atoms with Crippen LogP contribution >= 0.6 is 34.2 Å². The highest BCUT2D eigenvalue weighted by Crippen LogP contribution is 2.35. The first kappa shape index (κ1) is 24.9. The van der Waals surface area contributed by atoms with Crippen molar-refractivity contribution >= 4 is 34.2 Å². The van der Waals surface area contributed by atoms with Crippen LogP contribution in [-0.2, 0) is 12.0 Å². The Bertz CT molecular complexity index is 977. The Morgan fingerprint density at radius 3 is 2.44 bits per heavy atom. The van der Waals surface area contributed by atoms with E-state index in [0.29, 0.717) is 24.9 Å². The minimum absolute atomic E-state index is 0.179. The topological polar surface area (TPSA) is 56.5 Å². The molecule has 2 aromatic carbocycles. The number of ether oxygens (including phenoxy) is 2. The van der Waals surface area contributed by atoms with E-state index in [1.165, 1.54) is 11.1 Å². The van der Waals surface area contributed by atoms with E-state index in [4.69, 9.17) is 21.1 Å². The Morgan fingerprint density at radius 2 is 1.81 bits per heavy atom.